The van der Waals surface area contributed by atoms with Crippen molar-refractivity contribution in [2.24, 2.45) is 5.92 Å². The fourth-order valence-electron chi connectivity index (χ4n) is 3.36. The van der Waals surface area contributed by atoms with Crippen molar-refractivity contribution in [2.75, 3.05) is 13.1 Å². The Hall–Kier alpha value is -1.35. The molecule has 1 saturated heterocycles. The first-order valence-corrected chi connectivity index (χ1v) is 7.33. The van der Waals surface area contributed by atoms with E-state index in [0.29, 0.717) is 12.5 Å². The van der Waals surface area contributed by atoms with E-state index in [4.69, 9.17) is 0 Å². The molecule has 19 heavy (non-hydrogen) atoms. The van der Waals surface area contributed by atoms with Crippen molar-refractivity contribution < 1.29 is 4.79 Å². The second-order valence-electron chi connectivity index (χ2n) is 5.89. The van der Waals surface area contributed by atoms with Crippen LogP contribution in [-0.2, 0) is 4.79 Å². The summed E-state index contributed by atoms with van der Waals surface area (Å²) in [5.41, 5.74) is 2.46. The van der Waals surface area contributed by atoms with Gasteiger partial charge in [0.15, 0.2) is 0 Å². The molecule has 2 aliphatic rings. The number of benzene rings is 1. The number of aryl methyl sites for hydroxylation is 1. The average Bonchev–Trinajstić information content (AvgIpc) is 3.01. The van der Waals surface area contributed by atoms with Crippen molar-refractivity contribution in [3.05, 3.63) is 35.4 Å². The SMILES string of the molecule is Cc1cccc(C2NCC(=O)N2CC2CCCC2)c1. The minimum atomic E-state index is 0.0769. The van der Waals surface area contributed by atoms with Gasteiger partial charge in [0.25, 0.3) is 0 Å². The van der Waals surface area contributed by atoms with Gasteiger partial charge in [0.2, 0.25) is 5.91 Å². The fraction of sp³-hybridized carbons (Fsp3) is 0.562. The van der Waals surface area contributed by atoms with Gasteiger partial charge in [-0.15, -0.1) is 0 Å². The smallest absolute Gasteiger partial charge is 0.238 e. The predicted molar refractivity (Wildman–Crippen MR) is 75.6 cm³/mol. The van der Waals surface area contributed by atoms with Gasteiger partial charge in [-0.25, -0.2) is 0 Å². The van der Waals surface area contributed by atoms with Crippen LogP contribution in [0.2, 0.25) is 0 Å². The average molecular weight is 258 g/mol. The van der Waals surface area contributed by atoms with Crippen LogP contribution in [0.3, 0.4) is 0 Å². The number of amides is 1. The third kappa shape index (κ3) is 2.66. The van der Waals surface area contributed by atoms with Gasteiger partial charge in [-0.2, -0.15) is 0 Å². The highest BCUT2D eigenvalue weighted by atomic mass is 16.2. The van der Waals surface area contributed by atoms with Crippen molar-refractivity contribution in [2.45, 2.75) is 38.8 Å². The van der Waals surface area contributed by atoms with E-state index in [-0.39, 0.29) is 12.1 Å². The Morgan fingerprint density at radius 2 is 2.11 bits per heavy atom. The molecule has 1 unspecified atom stereocenters. The van der Waals surface area contributed by atoms with Gasteiger partial charge < -0.3 is 4.90 Å². The van der Waals surface area contributed by atoms with Gasteiger partial charge in [-0.3, -0.25) is 10.1 Å². The topological polar surface area (TPSA) is 32.3 Å². The Bertz CT molecular complexity index is 466. The van der Waals surface area contributed by atoms with Gasteiger partial charge in [-0.05, 0) is 31.2 Å². The first-order chi connectivity index (χ1) is 9.24. The normalized spacial score (nSPS) is 24.4. The van der Waals surface area contributed by atoms with Crippen LogP contribution < -0.4 is 5.32 Å². The monoisotopic (exact) mass is 258 g/mol. The molecule has 1 N–H and O–H groups in total. The molecule has 1 amide bonds. The zero-order valence-corrected chi connectivity index (χ0v) is 11.6. The summed E-state index contributed by atoms with van der Waals surface area (Å²) in [6.45, 7) is 3.50. The number of hydrogen-bond donors (Lipinski definition) is 1. The molecule has 1 saturated carbocycles. The lowest BCUT2D eigenvalue weighted by atomic mass is 10.1. The lowest BCUT2D eigenvalue weighted by molar-refractivity contribution is -0.128. The largest absolute Gasteiger partial charge is 0.322 e. The fourth-order valence-corrected chi connectivity index (χ4v) is 3.36. The Balaban J connectivity index is 1.77. The summed E-state index contributed by atoms with van der Waals surface area (Å²) >= 11 is 0. The summed E-state index contributed by atoms with van der Waals surface area (Å²) in [5, 5.41) is 3.35. The standard InChI is InChI=1S/C16H22N2O/c1-12-5-4-8-14(9-12)16-17-10-15(19)18(16)11-13-6-2-3-7-13/h4-5,8-9,13,16-17H,2-3,6-7,10-11H2,1H3. The van der Waals surface area contributed by atoms with Crippen molar-refractivity contribution in [3.63, 3.8) is 0 Å². The molecule has 2 fully saturated rings. The van der Waals surface area contributed by atoms with Crippen LogP contribution >= 0.6 is 0 Å². The summed E-state index contributed by atoms with van der Waals surface area (Å²) in [5.74, 6) is 0.953. The van der Waals surface area contributed by atoms with Gasteiger partial charge in [0.05, 0.1) is 6.54 Å². The molecule has 0 aromatic heterocycles. The molecule has 3 rings (SSSR count). The van der Waals surface area contributed by atoms with Crippen LogP contribution in [-0.4, -0.2) is 23.9 Å². The lowest BCUT2D eigenvalue weighted by Crippen LogP contribution is -2.34. The number of carbonyl (C=O) groups is 1. The molecule has 1 atom stereocenters. The Morgan fingerprint density at radius 1 is 1.32 bits per heavy atom. The van der Waals surface area contributed by atoms with Crippen LogP contribution in [0.25, 0.3) is 0 Å². The number of nitrogens with zero attached hydrogens (tertiary/aromatic N) is 1. The van der Waals surface area contributed by atoms with Crippen molar-refractivity contribution >= 4 is 5.91 Å². The Kier molecular flexibility index (Phi) is 3.56. The van der Waals surface area contributed by atoms with Crippen molar-refractivity contribution in [3.8, 4) is 0 Å². The van der Waals surface area contributed by atoms with Gasteiger partial charge in [-0.1, -0.05) is 42.7 Å². The highest BCUT2D eigenvalue weighted by Crippen LogP contribution is 2.30. The van der Waals surface area contributed by atoms with E-state index in [0.717, 1.165) is 6.54 Å². The maximum absolute atomic E-state index is 12.1. The van der Waals surface area contributed by atoms with E-state index in [1.165, 1.54) is 36.8 Å². The summed E-state index contributed by atoms with van der Waals surface area (Å²) in [6.07, 6.45) is 5.30. The first-order valence-electron chi connectivity index (χ1n) is 7.33. The Labute approximate surface area is 115 Å². The number of nitrogens with one attached hydrogen (secondary N) is 1. The maximum Gasteiger partial charge on any atom is 0.238 e. The highest BCUT2D eigenvalue weighted by molar-refractivity contribution is 5.81. The molecule has 1 aliphatic heterocycles. The lowest BCUT2D eigenvalue weighted by Gasteiger charge is -2.27. The van der Waals surface area contributed by atoms with E-state index in [1.54, 1.807) is 0 Å². The third-order valence-corrected chi connectivity index (χ3v) is 4.37. The van der Waals surface area contributed by atoms with E-state index in [9.17, 15) is 4.79 Å². The summed E-state index contributed by atoms with van der Waals surface area (Å²) in [7, 11) is 0. The molecule has 0 bridgehead atoms. The number of rotatable bonds is 3. The summed E-state index contributed by atoms with van der Waals surface area (Å²) in [4.78, 5) is 14.1. The van der Waals surface area contributed by atoms with Crippen LogP contribution in [0.5, 0.6) is 0 Å². The van der Waals surface area contributed by atoms with E-state index in [2.05, 4.69) is 36.5 Å². The van der Waals surface area contributed by atoms with Gasteiger partial charge in [0.1, 0.15) is 6.17 Å². The molecule has 3 heteroatoms. The van der Waals surface area contributed by atoms with Crippen molar-refractivity contribution in [1.82, 2.24) is 10.2 Å². The molecular formula is C16H22N2O. The van der Waals surface area contributed by atoms with Crippen molar-refractivity contribution in [1.29, 1.82) is 0 Å². The van der Waals surface area contributed by atoms with Crippen LogP contribution in [0.15, 0.2) is 24.3 Å². The number of carbonyl (C=O) groups excluding carboxylic acids is 1. The van der Waals surface area contributed by atoms with Gasteiger partial charge in [0, 0.05) is 6.54 Å². The molecule has 102 valence electrons. The molecule has 1 heterocycles. The molecular weight excluding hydrogens is 236 g/mol. The van der Waals surface area contributed by atoms with E-state index < -0.39 is 0 Å². The molecule has 1 aromatic rings. The van der Waals surface area contributed by atoms with Gasteiger partial charge >= 0.3 is 0 Å². The second kappa shape index (κ2) is 5.33. The molecule has 1 aliphatic carbocycles. The zero-order valence-electron chi connectivity index (χ0n) is 11.6. The van der Waals surface area contributed by atoms with E-state index in [1.807, 2.05) is 4.90 Å². The summed E-state index contributed by atoms with van der Waals surface area (Å²) in [6, 6.07) is 8.47. The summed E-state index contributed by atoms with van der Waals surface area (Å²) < 4.78 is 0. The highest BCUT2D eigenvalue weighted by Gasteiger charge is 2.33. The first kappa shape index (κ1) is 12.7. The quantitative estimate of drug-likeness (QED) is 0.904. The Morgan fingerprint density at radius 3 is 2.84 bits per heavy atom. The minimum absolute atomic E-state index is 0.0769. The molecule has 1 aromatic carbocycles. The maximum atomic E-state index is 12.1. The predicted octanol–water partition coefficient (Wildman–Crippen LogP) is 2.62. The third-order valence-electron chi connectivity index (χ3n) is 4.37. The van der Waals surface area contributed by atoms with Crippen LogP contribution in [0.4, 0.5) is 0 Å². The number of hydrogen-bond acceptors (Lipinski definition) is 2. The molecule has 0 spiro atoms. The molecule has 0 radical (unpaired) electrons. The second-order valence-corrected chi connectivity index (χ2v) is 5.89. The zero-order chi connectivity index (χ0) is 13.2. The van der Waals surface area contributed by atoms with E-state index >= 15 is 0 Å². The molecule has 3 nitrogen and oxygen atoms in total. The van der Waals surface area contributed by atoms with Crippen LogP contribution in [0.1, 0.15) is 43.0 Å². The minimum Gasteiger partial charge on any atom is -0.322 e. The van der Waals surface area contributed by atoms with Crippen LogP contribution in [0, 0.1) is 12.8 Å².